The van der Waals surface area contributed by atoms with E-state index in [0.717, 1.165) is 24.0 Å². The molecule has 86 valence electrons. The number of carbonyl (C=O) groups is 1. The molecule has 0 radical (unpaired) electrons. The van der Waals surface area contributed by atoms with Gasteiger partial charge in [-0.3, -0.25) is 0 Å². The molecule has 2 atom stereocenters. The lowest BCUT2D eigenvalue weighted by atomic mass is 10.1. The summed E-state index contributed by atoms with van der Waals surface area (Å²) >= 11 is 0. The molecule has 0 aliphatic carbocycles. The van der Waals surface area contributed by atoms with Crippen molar-refractivity contribution in [1.82, 2.24) is 0 Å². The first-order valence-electron chi connectivity index (χ1n) is 5.16. The van der Waals surface area contributed by atoms with Gasteiger partial charge in [-0.25, -0.2) is 4.21 Å². The second kappa shape index (κ2) is 8.53. The number of nitrogens with zero attached hydrogens (tertiary/aromatic N) is 1. The van der Waals surface area contributed by atoms with Crippen molar-refractivity contribution in [3.8, 4) is 0 Å². The van der Waals surface area contributed by atoms with Crippen molar-refractivity contribution < 1.29 is 9.00 Å². The number of hydrogen-bond donors (Lipinski definition) is 0. The van der Waals surface area contributed by atoms with E-state index in [9.17, 15) is 9.00 Å². The monoisotopic (exact) mass is 229 g/mol. The largest absolute Gasteiger partial charge is 0.303 e. The van der Waals surface area contributed by atoms with Gasteiger partial charge in [0.2, 0.25) is 0 Å². The molecule has 0 rings (SSSR count). The predicted molar refractivity (Wildman–Crippen MR) is 65.1 cm³/mol. The summed E-state index contributed by atoms with van der Waals surface area (Å²) in [5.74, 6) is 0.607. The molecule has 0 aromatic heterocycles. The molecule has 0 bridgehead atoms. The van der Waals surface area contributed by atoms with Crippen LogP contribution in [0.15, 0.2) is 15.4 Å². The van der Waals surface area contributed by atoms with E-state index in [0.29, 0.717) is 5.92 Å². The van der Waals surface area contributed by atoms with Crippen LogP contribution in [0, 0.1) is 5.92 Å². The quantitative estimate of drug-likeness (QED) is 0.497. The number of allylic oxidation sites excluding steroid dienone is 2. The highest BCUT2D eigenvalue weighted by molar-refractivity contribution is 7.87. The van der Waals surface area contributed by atoms with E-state index in [4.69, 9.17) is 0 Å². The summed E-state index contributed by atoms with van der Waals surface area (Å²) in [6, 6.07) is 0. The minimum absolute atomic E-state index is 0.227. The summed E-state index contributed by atoms with van der Waals surface area (Å²) in [4.78, 5) is 10.8. The van der Waals surface area contributed by atoms with Crippen molar-refractivity contribution in [3.05, 3.63) is 11.0 Å². The highest BCUT2D eigenvalue weighted by Crippen LogP contribution is 2.11. The van der Waals surface area contributed by atoms with Gasteiger partial charge in [0.05, 0.1) is 0 Å². The first kappa shape index (κ1) is 14.2. The van der Waals surface area contributed by atoms with Crippen molar-refractivity contribution in [1.29, 1.82) is 0 Å². The normalized spacial score (nSPS) is 16.6. The van der Waals surface area contributed by atoms with Crippen LogP contribution in [0.3, 0.4) is 0 Å². The average molecular weight is 229 g/mol. The Balaban J connectivity index is 4.12. The van der Waals surface area contributed by atoms with Crippen molar-refractivity contribution in [3.63, 3.8) is 0 Å². The van der Waals surface area contributed by atoms with Gasteiger partial charge in [0, 0.05) is 17.5 Å². The van der Waals surface area contributed by atoms with Crippen LogP contribution in [0.2, 0.25) is 0 Å². The first-order chi connectivity index (χ1) is 7.11. The Morgan fingerprint density at radius 2 is 2.20 bits per heavy atom. The zero-order chi connectivity index (χ0) is 11.7. The van der Waals surface area contributed by atoms with Crippen LogP contribution >= 0.6 is 0 Å². The molecule has 0 N–H and O–H groups in total. The Bertz CT molecular complexity index is 272. The molecular formula is C11H19NO2S. The van der Waals surface area contributed by atoms with Gasteiger partial charge < -0.3 is 4.79 Å². The predicted octanol–water partition coefficient (Wildman–Crippen LogP) is 2.65. The molecule has 2 unspecified atom stereocenters. The Labute approximate surface area is 94.3 Å². The molecule has 15 heavy (non-hydrogen) atoms. The molecule has 4 heteroatoms. The maximum absolute atomic E-state index is 11.4. The standard InChI is InChI=1S/C11H19NO2S/c1-4-10(2)6-7-11(3)15(14)12-8-5-9-13/h7-10H,4-6H2,1-3H3/b11-7+,12-8?. The van der Waals surface area contributed by atoms with E-state index in [-0.39, 0.29) is 6.42 Å². The molecule has 0 aliphatic rings. The van der Waals surface area contributed by atoms with Gasteiger partial charge >= 0.3 is 0 Å². The van der Waals surface area contributed by atoms with E-state index in [1.165, 1.54) is 6.21 Å². The molecule has 0 aromatic rings. The zero-order valence-electron chi connectivity index (χ0n) is 9.60. The van der Waals surface area contributed by atoms with Crippen molar-refractivity contribution in [2.45, 2.75) is 40.0 Å². The molecule has 0 saturated carbocycles. The van der Waals surface area contributed by atoms with Crippen molar-refractivity contribution >= 4 is 23.5 Å². The lowest BCUT2D eigenvalue weighted by Gasteiger charge is -2.03. The third-order valence-electron chi connectivity index (χ3n) is 2.15. The Kier molecular flexibility index (Phi) is 8.09. The maximum atomic E-state index is 11.4. The number of hydrogen-bond acceptors (Lipinski definition) is 2. The molecule has 0 aliphatic heterocycles. The van der Waals surface area contributed by atoms with Crippen LogP contribution in [0.1, 0.15) is 40.0 Å². The zero-order valence-corrected chi connectivity index (χ0v) is 10.4. The molecular weight excluding hydrogens is 210 g/mol. The van der Waals surface area contributed by atoms with E-state index in [2.05, 4.69) is 18.2 Å². The summed E-state index contributed by atoms with van der Waals surface area (Å²) in [5, 5.41) is 0. The SMILES string of the molecule is CCC(C)C/C=C(\C)S(=O)N=CCC=O. The number of aldehydes is 1. The van der Waals surface area contributed by atoms with Crippen LogP contribution in [-0.4, -0.2) is 16.7 Å². The summed E-state index contributed by atoms with van der Waals surface area (Å²) in [7, 11) is -1.31. The highest BCUT2D eigenvalue weighted by Gasteiger charge is 2.00. The van der Waals surface area contributed by atoms with Crippen molar-refractivity contribution in [2.24, 2.45) is 10.3 Å². The van der Waals surface area contributed by atoms with Gasteiger partial charge in [-0.15, -0.1) is 0 Å². The van der Waals surface area contributed by atoms with Gasteiger partial charge in [-0.1, -0.05) is 26.3 Å². The summed E-state index contributed by atoms with van der Waals surface area (Å²) < 4.78 is 15.2. The maximum Gasteiger partial charge on any atom is 0.167 e. The summed E-state index contributed by atoms with van der Waals surface area (Å²) in [6.45, 7) is 6.09. The number of carbonyl (C=O) groups excluding carboxylic acids is 1. The van der Waals surface area contributed by atoms with Crippen LogP contribution in [0.4, 0.5) is 0 Å². The lowest BCUT2D eigenvalue weighted by molar-refractivity contribution is -0.106. The van der Waals surface area contributed by atoms with Gasteiger partial charge in [-0.05, 0) is 19.3 Å². The lowest BCUT2D eigenvalue weighted by Crippen LogP contribution is -1.92. The third-order valence-corrected chi connectivity index (χ3v) is 3.21. The van der Waals surface area contributed by atoms with E-state index < -0.39 is 11.0 Å². The molecule has 0 fully saturated rings. The van der Waals surface area contributed by atoms with Crippen LogP contribution < -0.4 is 0 Å². The molecule has 3 nitrogen and oxygen atoms in total. The third kappa shape index (κ3) is 7.19. The average Bonchev–Trinajstić information content (AvgIpc) is 2.25. The molecule has 0 amide bonds. The van der Waals surface area contributed by atoms with Crippen LogP contribution in [-0.2, 0) is 15.8 Å². The second-order valence-corrected chi connectivity index (χ2v) is 4.86. The Morgan fingerprint density at radius 3 is 2.73 bits per heavy atom. The second-order valence-electron chi connectivity index (χ2n) is 3.50. The summed E-state index contributed by atoms with van der Waals surface area (Å²) in [6.07, 6.45) is 6.36. The highest BCUT2D eigenvalue weighted by atomic mass is 32.2. The first-order valence-corrected chi connectivity index (χ1v) is 6.27. The molecule has 0 spiro atoms. The Morgan fingerprint density at radius 1 is 1.53 bits per heavy atom. The van der Waals surface area contributed by atoms with Crippen LogP contribution in [0.25, 0.3) is 0 Å². The minimum Gasteiger partial charge on any atom is -0.303 e. The van der Waals surface area contributed by atoms with Gasteiger partial charge in [0.25, 0.3) is 0 Å². The van der Waals surface area contributed by atoms with Gasteiger partial charge in [0.1, 0.15) is 6.29 Å². The van der Waals surface area contributed by atoms with Gasteiger partial charge in [0.15, 0.2) is 11.0 Å². The van der Waals surface area contributed by atoms with E-state index in [1.807, 2.05) is 6.08 Å². The van der Waals surface area contributed by atoms with Crippen LogP contribution in [0.5, 0.6) is 0 Å². The smallest absolute Gasteiger partial charge is 0.167 e. The van der Waals surface area contributed by atoms with E-state index in [1.54, 1.807) is 6.92 Å². The van der Waals surface area contributed by atoms with E-state index >= 15 is 0 Å². The molecule has 0 saturated heterocycles. The fourth-order valence-electron chi connectivity index (χ4n) is 0.842. The summed E-state index contributed by atoms with van der Waals surface area (Å²) in [5.41, 5.74) is 0. The fraction of sp³-hybridized carbons (Fsp3) is 0.636. The number of rotatable bonds is 7. The molecule has 0 heterocycles. The fourth-order valence-corrected chi connectivity index (χ4v) is 1.47. The molecule has 0 aromatic carbocycles. The topological polar surface area (TPSA) is 46.5 Å². The Hall–Kier alpha value is -0.770. The minimum atomic E-state index is -1.31. The van der Waals surface area contributed by atoms with Crippen molar-refractivity contribution in [2.75, 3.05) is 0 Å². The van der Waals surface area contributed by atoms with Gasteiger partial charge in [-0.2, -0.15) is 4.40 Å².